The number of methoxy groups -OCH3 is 1. The van der Waals surface area contributed by atoms with Crippen LogP contribution in [0.1, 0.15) is 58.4 Å². The maximum absolute atomic E-state index is 12.5. The minimum atomic E-state index is -0.0500. The van der Waals surface area contributed by atoms with Crippen LogP contribution >= 0.6 is 0 Å². The number of benzene rings is 2. The van der Waals surface area contributed by atoms with Gasteiger partial charge in [0, 0.05) is 5.56 Å². The topological polar surface area (TPSA) is 38.3 Å². The van der Waals surface area contributed by atoms with Gasteiger partial charge in [-0.3, -0.25) is 4.79 Å². The summed E-state index contributed by atoms with van der Waals surface area (Å²) in [7, 11) is 1.64. The van der Waals surface area contributed by atoms with Crippen LogP contribution in [0.5, 0.6) is 5.75 Å². The van der Waals surface area contributed by atoms with Crippen molar-refractivity contribution in [3.8, 4) is 5.75 Å². The Balaban J connectivity index is 1.73. The van der Waals surface area contributed by atoms with Crippen molar-refractivity contribution < 1.29 is 9.53 Å². The molecule has 24 heavy (non-hydrogen) atoms. The highest BCUT2D eigenvalue weighted by atomic mass is 16.5. The number of hydrogen-bond donors (Lipinski definition) is 1. The zero-order chi connectivity index (χ0) is 17.1. The number of ether oxygens (including phenoxy) is 1. The van der Waals surface area contributed by atoms with Crippen LogP contribution in [0.25, 0.3) is 0 Å². The van der Waals surface area contributed by atoms with E-state index in [1.165, 1.54) is 36.0 Å². The Labute approximate surface area is 144 Å². The number of fused-ring (bicyclic) bond motifs is 1. The lowest BCUT2D eigenvalue weighted by Crippen LogP contribution is -2.27. The summed E-state index contributed by atoms with van der Waals surface area (Å²) in [5, 5.41) is 3.10. The highest BCUT2D eigenvalue weighted by molar-refractivity contribution is 5.94. The summed E-state index contributed by atoms with van der Waals surface area (Å²) in [5.74, 6) is 0.750. The van der Waals surface area contributed by atoms with E-state index in [0.717, 1.165) is 17.7 Å². The van der Waals surface area contributed by atoms with Crippen LogP contribution in [-0.2, 0) is 12.8 Å². The summed E-state index contributed by atoms with van der Waals surface area (Å²) in [4.78, 5) is 12.5. The van der Waals surface area contributed by atoms with Gasteiger partial charge in [-0.1, -0.05) is 18.2 Å². The molecule has 0 unspecified atom stereocenters. The number of aryl methyl sites for hydroxylation is 3. The Morgan fingerprint density at radius 3 is 2.54 bits per heavy atom. The van der Waals surface area contributed by atoms with Gasteiger partial charge in [-0.15, -0.1) is 0 Å². The second kappa shape index (κ2) is 7.08. The molecule has 1 aliphatic rings. The predicted octanol–water partition coefficient (Wildman–Crippen LogP) is 4.37. The zero-order valence-corrected chi connectivity index (χ0v) is 14.7. The third-order valence-corrected chi connectivity index (χ3v) is 4.88. The molecule has 0 spiro atoms. The molecule has 1 aliphatic carbocycles. The van der Waals surface area contributed by atoms with Crippen molar-refractivity contribution in [2.75, 3.05) is 7.11 Å². The normalized spacial score (nSPS) is 14.6. The van der Waals surface area contributed by atoms with Crippen molar-refractivity contribution >= 4 is 5.91 Å². The van der Waals surface area contributed by atoms with Gasteiger partial charge in [-0.25, -0.2) is 0 Å². The Morgan fingerprint density at radius 1 is 1.08 bits per heavy atom. The quantitative estimate of drug-likeness (QED) is 0.907. The van der Waals surface area contributed by atoms with Crippen LogP contribution in [0.4, 0.5) is 0 Å². The molecule has 0 saturated heterocycles. The highest BCUT2D eigenvalue weighted by Crippen LogP contribution is 2.25. The van der Waals surface area contributed by atoms with Crippen molar-refractivity contribution in [1.82, 2.24) is 5.32 Å². The van der Waals surface area contributed by atoms with Gasteiger partial charge in [0.15, 0.2) is 0 Å². The number of hydrogen-bond acceptors (Lipinski definition) is 2. The number of rotatable bonds is 4. The van der Waals surface area contributed by atoms with Crippen LogP contribution in [0.2, 0.25) is 0 Å². The first-order valence-corrected chi connectivity index (χ1v) is 8.65. The van der Waals surface area contributed by atoms with Gasteiger partial charge < -0.3 is 10.1 Å². The van der Waals surface area contributed by atoms with E-state index in [9.17, 15) is 4.79 Å². The number of nitrogens with one attached hydrogen (secondary N) is 1. The molecule has 3 rings (SSSR count). The average Bonchev–Trinajstić information content (AvgIpc) is 2.61. The lowest BCUT2D eigenvalue weighted by Gasteiger charge is -2.20. The summed E-state index contributed by atoms with van der Waals surface area (Å²) in [6.07, 6.45) is 4.89. The van der Waals surface area contributed by atoms with Gasteiger partial charge in [-0.2, -0.15) is 0 Å². The van der Waals surface area contributed by atoms with Crippen molar-refractivity contribution in [1.29, 1.82) is 0 Å². The van der Waals surface area contributed by atoms with Crippen molar-refractivity contribution in [3.05, 3.63) is 64.2 Å². The molecule has 1 atom stereocenters. The third-order valence-electron chi connectivity index (χ3n) is 4.88. The van der Waals surface area contributed by atoms with E-state index >= 15 is 0 Å². The number of carbonyl (C=O) groups excluding carboxylic acids is 1. The molecule has 0 radical (unpaired) electrons. The second-order valence-corrected chi connectivity index (χ2v) is 6.61. The van der Waals surface area contributed by atoms with Gasteiger partial charge in [-0.05, 0) is 80.0 Å². The minimum absolute atomic E-state index is 0.00728. The lowest BCUT2D eigenvalue weighted by molar-refractivity contribution is 0.0939. The van der Waals surface area contributed by atoms with Gasteiger partial charge >= 0.3 is 0 Å². The van der Waals surface area contributed by atoms with Gasteiger partial charge in [0.05, 0.1) is 13.2 Å². The second-order valence-electron chi connectivity index (χ2n) is 6.61. The Bertz CT molecular complexity index is 751. The summed E-state index contributed by atoms with van der Waals surface area (Å²) >= 11 is 0. The molecule has 3 nitrogen and oxygen atoms in total. The molecule has 0 heterocycles. The maximum atomic E-state index is 12.5. The average molecular weight is 323 g/mol. The molecule has 0 aromatic heterocycles. The standard InChI is InChI=1S/C21H25NO2/c1-14-12-19(10-11-20(14)24-3)21(23)22-15(2)17-9-8-16-6-4-5-7-18(16)13-17/h8-13,15H,4-7H2,1-3H3,(H,22,23)/t15-/m0/s1. The number of carbonyl (C=O) groups is 1. The van der Waals surface area contributed by atoms with Crippen molar-refractivity contribution in [2.24, 2.45) is 0 Å². The van der Waals surface area contributed by atoms with Gasteiger partial charge in [0.2, 0.25) is 0 Å². The Morgan fingerprint density at radius 2 is 1.83 bits per heavy atom. The Kier molecular flexibility index (Phi) is 4.89. The fourth-order valence-corrected chi connectivity index (χ4v) is 3.41. The van der Waals surface area contributed by atoms with E-state index in [1.54, 1.807) is 13.2 Å². The first kappa shape index (κ1) is 16.6. The number of amides is 1. The molecule has 2 aromatic rings. The summed E-state index contributed by atoms with van der Waals surface area (Å²) in [6.45, 7) is 3.99. The molecule has 2 aromatic carbocycles. The van der Waals surface area contributed by atoms with Gasteiger partial charge in [0.1, 0.15) is 5.75 Å². The third kappa shape index (κ3) is 3.45. The van der Waals surface area contributed by atoms with Crippen LogP contribution in [0, 0.1) is 6.92 Å². The largest absolute Gasteiger partial charge is 0.496 e. The molecule has 0 fully saturated rings. The van der Waals surface area contributed by atoms with E-state index in [1.807, 2.05) is 26.0 Å². The van der Waals surface area contributed by atoms with Crippen LogP contribution in [0.3, 0.4) is 0 Å². The predicted molar refractivity (Wildman–Crippen MR) is 96.7 cm³/mol. The fourth-order valence-electron chi connectivity index (χ4n) is 3.41. The summed E-state index contributed by atoms with van der Waals surface area (Å²) < 4.78 is 5.25. The monoisotopic (exact) mass is 323 g/mol. The van der Waals surface area contributed by atoms with E-state index in [4.69, 9.17) is 4.74 Å². The smallest absolute Gasteiger partial charge is 0.251 e. The van der Waals surface area contributed by atoms with Gasteiger partial charge in [0.25, 0.3) is 5.91 Å². The summed E-state index contributed by atoms with van der Waals surface area (Å²) in [5.41, 5.74) is 5.72. The minimum Gasteiger partial charge on any atom is -0.496 e. The Hall–Kier alpha value is -2.29. The molecule has 1 N–H and O–H groups in total. The van der Waals surface area contributed by atoms with Crippen molar-refractivity contribution in [3.63, 3.8) is 0 Å². The maximum Gasteiger partial charge on any atom is 0.251 e. The van der Waals surface area contributed by atoms with E-state index < -0.39 is 0 Å². The van der Waals surface area contributed by atoms with Crippen LogP contribution < -0.4 is 10.1 Å². The van der Waals surface area contributed by atoms with Crippen LogP contribution in [0.15, 0.2) is 36.4 Å². The van der Waals surface area contributed by atoms with E-state index in [0.29, 0.717) is 5.56 Å². The molecule has 3 heteroatoms. The SMILES string of the molecule is COc1ccc(C(=O)N[C@@H](C)c2ccc3c(c2)CCCC3)cc1C. The fraction of sp³-hybridized carbons (Fsp3) is 0.381. The van der Waals surface area contributed by atoms with E-state index in [2.05, 4.69) is 23.5 Å². The molecule has 0 saturated carbocycles. The summed E-state index contributed by atoms with van der Waals surface area (Å²) in [6, 6.07) is 12.1. The van der Waals surface area contributed by atoms with Crippen LogP contribution in [-0.4, -0.2) is 13.0 Å². The zero-order valence-electron chi connectivity index (χ0n) is 14.7. The molecule has 0 aliphatic heterocycles. The molecule has 0 bridgehead atoms. The molecule has 126 valence electrons. The molecular weight excluding hydrogens is 298 g/mol. The lowest BCUT2D eigenvalue weighted by atomic mass is 9.89. The molecular formula is C21H25NO2. The van der Waals surface area contributed by atoms with E-state index in [-0.39, 0.29) is 11.9 Å². The first-order valence-electron chi connectivity index (χ1n) is 8.65. The highest BCUT2D eigenvalue weighted by Gasteiger charge is 2.15. The van der Waals surface area contributed by atoms with Crippen molar-refractivity contribution in [2.45, 2.75) is 45.6 Å². The molecule has 1 amide bonds. The first-order chi connectivity index (χ1) is 11.6.